The third kappa shape index (κ3) is 5.09. The molecule has 0 aliphatic carbocycles. The van der Waals surface area contributed by atoms with E-state index >= 15 is 0 Å². The van der Waals surface area contributed by atoms with Crippen molar-refractivity contribution < 1.29 is 28.2 Å². The Hall–Kier alpha value is -2.80. The fourth-order valence-corrected chi connectivity index (χ4v) is 3.16. The summed E-state index contributed by atoms with van der Waals surface area (Å²) in [6.45, 7) is 1.98. The molecule has 0 unspecified atom stereocenters. The quantitative estimate of drug-likeness (QED) is 0.735. The van der Waals surface area contributed by atoms with Crippen molar-refractivity contribution in [2.45, 2.75) is 11.8 Å². The smallest absolute Gasteiger partial charge is 0.339 e. The molecule has 0 bridgehead atoms. The predicted octanol–water partition coefficient (Wildman–Crippen LogP) is 2.81. The van der Waals surface area contributed by atoms with E-state index < -0.39 is 21.6 Å². The third-order valence-corrected chi connectivity index (χ3v) is 5.03. The molecule has 0 aromatic heterocycles. The molecule has 6 nitrogen and oxygen atoms in total. The standard InChI is InChI=1S/C18H18O6S/c1-13-4-7-15(8-5-13)25(22,23)11-3-2-10-24-14-6-9-16(18(20)21)17(19)12-14/h2-9,12,19H,10-11H2,1H3,(H,20,21)/b3-2+. The highest BCUT2D eigenvalue weighted by Gasteiger charge is 2.12. The second-order valence-electron chi connectivity index (χ2n) is 5.36. The number of rotatable bonds is 7. The van der Waals surface area contributed by atoms with Gasteiger partial charge in [-0.25, -0.2) is 13.2 Å². The lowest BCUT2D eigenvalue weighted by Gasteiger charge is -2.05. The van der Waals surface area contributed by atoms with Crippen molar-refractivity contribution in [3.8, 4) is 11.5 Å². The van der Waals surface area contributed by atoms with Crippen molar-refractivity contribution in [3.05, 3.63) is 65.7 Å². The molecule has 25 heavy (non-hydrogen) atoms. The zero-order valence-electron chi connectivity index (χ0n) is 13.5. The summed E-state index contributed by atoms with van der Waals surface area (Å²) < 4.78 is 29.6. The maximum absolute atomic E-state index is 12.1. The average molecular weight is 362 g/mol. The molecule has 132 valence electrons. The van der Waals surface area contributed by atoms with Crippen LogP contribution in [-0.2, 0) is 9.84 Å². The van der Waals surface area contributed by atoms with Crippen LogP contribution < -0.4 is 4.74 Å². The molecular formula is C18H18O6S. The van der Waals surface area contributed by atoms with Gasteiger partial charge in [0.05, 0.1) is 10.6 Å². The number of aromatic carboxylic acids is 1. The van der Waals surface area contributed by atoms with Crippen LogP contribution in [0.25, 0.3) is 0 Å². The highest BCUT2D eigenvalue weighted by atomic mass is 32.2. The number of phenols is 1. The summed E-state index contributed by atoms with van der Waals surface area (Å²) in [7, 11) is -3.39. The van der Waals surface area contributed by atoms with Crippen LogP contribution in [0.3, 0.4) is 0 Å². The molecule has 0 spiro atoms. The lowest BCUT2D eigenvalue weighted by Crippen LogP contribution is -2.05. The van der Waals surface area contributed by atoms with Gasteiger partial charge < -0.3 is 14.9 Å². The molecule has 2 aromatic rings. The van der Waals surface area contributed by atoms with Gasteiger partial charge in [0.1, 0.15) is 23.7 Å². The molecule has 2 N–H and O–H groups in total. The predicted molar refractivity (Wildman–Crippen MR) is 92.9 cm³/mol. The van der Waals surface area contributed by atoms with Gasteiger partial charge in [-0.15, -0.1) is 0 Å². The van der Waals surface area contributed by atoms with Gasteiger partial charge in [0.15, 0.2) is 9.84 Å². The van der Waals surface area contributed by atoms with E-state index in [0.717, 1.165) is 5.56 Å². The summed E-state index contributed by atoms with van der Waals surface area (Å²) in [5, 5.41) is 18.4. The van der Waals surface area contributed by atoms with Crippen molar-refractivity contribution in [2.24, 2.45) is 0 Å². The van der Waals surface area contributed by atoms with Crippen LogP contribution in [0, 0.1) is 6.92 Å². The first-order valence-corrected chi connectivity index (χ1v) is 9.08. The minimum atomic E-state index is -3.39. The summed E-state index contributed by atoms with van der Waals surface area (Å²) in [5.74, 6) is -1.49. The molecule has 2 rings (SSSR count). The van der Waals surface area contributed by atoms with Gasteiger partial charge in [0, 0.05) is 6.07 Å². The van der Waals surface area contributed by atoms with E-state index in [1.165, 1.54) is 24.3 Å². The Balaban J connectivity index is 1.90. The van der Waals surface area contributed by atoms with Gasteiger partial charge in [-0.1, -0.05) is 29.8 Å². The Morgan fingerprint density at radius 2 is 1.80 bits per heavy atom. The normalized spacial score (nSPS) is 11.6. The van der Waals surface area contributed by atoms with E-state index in [1.54, 1.807) is 30.3 Å². The van der Waals surface area contributed by atoms with Crippen LogP contribution in [0.1, 0.15) is 15.9 Å². The zero-order valence-corrected chi connectivity index (χ0v) is 14.4. The monoisotopic (exact) mass is 362 g/mol. The number of carbonyl (C=O) groups is 1. The van der Waals surface area contributed by atoms with Gasteiger partial charge in [-0.05, 0) is 31.2 Å². The fourth-order valence-electron chi connectivity index (χ4n) is 2.03. The first-order valence-electron chi connectivity index (χ1n) is 7.43. The fraction of sp³-hybridized carbons (Fsp3) is 0.167. The summed E-state index contributed by atoms with van der Waals surface area (Å²) >= 11 is 0. The zero-order chi connectivity index (χ0) is 18.4. The average Bonchev–Trinajstić information content (AvgIpc) is 2.54. The summed E-state index contributed by atoms with van der Waals surface area (Å²) in [4.78, 5) is 11.1. The first-order chi connectivity index (χ1) is 11.8. The van der Waals surface area contributed by atoms with Crippen molar-refractivity contribution in [1.29, 1.82) is 0 Å². The molecule has 0 saturated carbocycles. The SMILES string of the molecule is Cc1ccc(S(=O)(=O)C/C=C/COc2ccc(C(=O)O)c(O)c2)cc1. The third-order valence-electron chi connectivity index (χ3n) is 3.41. The first kappa shape index (κ1) is 18.5. The summed E-state index contributed by atoms with van der Waals surface area (Å²) in [6, 6.07) is 10.5. The number of sulfone groups is 1. The Kier molecular flexibility index (Phi) is 5.82. The number of ether oxygens (including phenoxy) is 1. The number of hydrogen-bond acceptors (Lipinski definition) is 5. The molecule has 0 amide bonds. The highest BCUT2D eigenvalue weighted by molar-refractivity contribution is 7.91. The van der Waals surface area contributed by atoms with Crippen LogP contribution in [0.5, 0.6) is 11.5 Å². The van der Waals surface area contributed by atoms with Gasteiger partial charge in [0.25, 0.3) is 0 Å². The number of hydrogen-bond donors (Lipinski definition) is 2. The Labute approximate surface area is 145 Å². The molecule has 0 fully saturated rings. The van der Waals surface area contributed by atoms with Gasteiger partial charge in [0.2, 0.25) is 0 Å². The van der Waals surface area contributed by atoms with Crippen LogP contribution in [0.4, 0.5) is 0 Å². The second-order valence-corrected chi connectivity index (χ2v) is 7.40. The largest absolute Gasteiger partial charge is 0.507 e. The van der Waals surface area contributed by atoms with E-state index in [0.29, 0.717) is 0 Å². The van der Waals surface area contributed by atoms with Gasteiger partial charge >= 0.3 is 5.97 Å². The Morgan fingerprint density at radius 1 is 1.12 bits per heavy atom. The molecule has 0 saturated heterocycles. The van der Waals surface area contributed by atoms with Crippen LogP contribution in [0.2, 0.25) is 0 Å². The Morgan fingerprint density at radius 3 is 2.40 bits per heavy atom. The van der Waals surface area contributed by atoms with E-state index in [1.807, 2.05) is 6.92 Å². The number of carboxylic acids is 1. The summed E-state index contributed by atoms with van der Waals surface area (Å²) in [6.07, 6.45) is 3.04. The van der Waals surface area contributed by atoms with E-state index in [2.05, 4.69) is 0 Å². The lowest BCUT2D eigenvalue weighted by atomic mass is 10.2. The number of aromatic hydroxyl groups is 1. The van der Waals surface area contributed by atoms with E-state index in [9.17, 15) is 18.3 Å². The molecular weight excluding hydrogens is 344 g/mol. The second kappa shape index (κ2) is 7.85. The number of carboxylic acid groups (broad SMARTS) is 1. The molecule has 0 heterocycles. The molecule has 7 heteroatoms. The number of benzene rings is 2. The Bertz CT molecular complexity index is 882. The van der Waals surface area contributed by atoms with Crippen molar-refractivity contribution >= 4 is 15.8 Å². The maximum atomic E-state index is 12.1. The maximum Gasteiger partial charge on any atom is 0.339 e. The van der Waals surface area contributed by atoms with Gasteiger partial charge in [-0.3, -0.25) is 0 Å². The van der Waals surface area contributed by atoms with Crippen molar-refractivity contribution in [3.63, 3.8) is 0 Å². The lowest BCUT2D eigenvalue weighted by molar-refractivity contribution is 0.0693. The minimum absolute atomic E-state index is 0.0925. The van der Waals surface area contributed by atoms with Crippen molar-refractivity contribution in [2.75, 3.05) is 12.4 Å². The molecule has 0 aliphatic rings. The van der Waals surface area contributed by atoms with Gasteiger partial charge in [-0.2, -0.15) is 0 Å². The topological polar surface area (TPSA) is 101 Å². The highest BCUT2D eigenvalue weighted by Crippen LogP contribution is 2.23. The van der Waals surface area contributed by atoms with E-state index in [-0.39, 0.29) is 28.6 Å². The van der Waals surface area contributed by atoms with Crippen LogP contribution >= 0.6 is 0 Å². The number of aryl methyl sites for hydroxylation is 1. The van der Waals surface area contributed by atoms with E-state index in [4.69, 9.17) is 9.84 Å². The van der Waals surface area contributed by atoms with Crippen molar-refractivity contribution in [1.82, 2.24) is 0 Å². The van der Waals surface area contributed by atoms with Crippen LogP contribution in [0.15, 0.2) is 59.5 Å². The summed E-state index contributed by atoms with van der Waals surface area (Å²) in [5.41, 5.74) is 0.771. The molecule has 0 aliphatic heterocycles. The molecule has 0 atom stereocenters. The van der Waals surface area contributed by atoms with Crippen LogP contribution in [-0.4, -0.2) is 37.0 Å². The molecule has 0 radical (unpaired) electrons. The minimum Gasteiger partial charge on any atom is -0.507 e. The molecule has 2 aromatic carbocycles.